The summed E-state index contributed by atoms with van der Waals surface area (Å²) in [5.41, 5.74) is 1.29. The molecule has 1 atom stereocenters. The number of nitrogens with zero attached hydrogens (tertiary/aromatic N) is 1. The summed E-state index contributed by atoms with van der Waals surface area (Å²) in [5, 5.41) is 0. The van der Waals surface area contributed by atoms with E-state index in [0.29, 0.717) is 25.2 Å². The maximum absolute atomic E-state index is 6.28. The Labute approximate surface area is 186 Å². The van der Waals surface area contributed by atoms with Crippen molar-refractivity contribution in [3.63, 3.8) is 0 Å². The largest absolute Gasteiger partial charge is 0.493 e. The van der Waals surface area contributed by atoms with Gasteiger partial charge in [-0.2, -0.15) is 0 Å². The van der Waals surface area contributed by atoms with E-state index in [1.807, 2.05) is 25.5 Å². The molecular weight excluding hydrogens is 396 g/mol. The molecule has 1 aliphatic carbocycles. The second-order valence-corrected chi connectivity index (χ2v) is 8.55. The summed E-state index contributed by atoms with van der Waals surface area (Å²) in [4.78, 5) is 4.49. The quantitative estimate of drug-likeness (QED) is 0.560. The second-order valence-electron chi connectivity index (χ2n) is 7.73. The summed E-state index contributed by atoms with van der Waals surface area (Å²) in [5.74, 6) is 2.35. The number of hydrogen-bond acceptors (Lipinski definition) is 6. The Morgan fingerprint density at radius 1 is 1.30 bits per heavy atom. The summed E-state index contributed by atoms with van der Waals surface area (Å²) in [7, 11) is 1.89. The highest BCUT2D eigenvalue weighted by Crippen LogP contribution is 2.33. The first-order valence-corrected chi connectivity index (χ1v) is 12.3. The molecule has 0 saturated heterocycles. The van der Waals surface area contributed by atoms with Crippen LogP contribution in [0.4, 0.5) is 0 Å². The van der Waals surface area contributed by atoms with Crippen LogP contribution < -0.4 is 4.72 Å². The number of fused-ring (bicyclic) bond motifs is 7. The molecule has 5 nitrogen and oxygen atoms in total. The van der Waals surface area contributed by atoms with E-state index in [4.69, 9.17) is 13.9 Å². The average molecular weight is 435 g/mol. The van der Waals surface area contributed by atoms with Crippen LogP contribution in [0, 0.1) is 5.92 Å². The predicted octanol–water partition coefficient (Wildman–Crippen LogP) is 6.16. The van der Waals surface area contributed by atoms with Gasteiger partial charge in [-0.1, -0.05) is 50.4 Å². The molecule has 1 fully saturated rings. The van der Waals surface area contributed by atoms with Crippen molar-refractivity contribution in [2.24, 2.45) is 5.92 Å². The molecule has 3 aliphatic rings. The second kappa shape index (κ2) is 14.5. The number of rotatable bonds is 5. The molecule has 1 saturated carbocycles. The van der Waals surface area contributed by atoms with E-state index in [1.54, 1.807) is 24.4 Å². The molecule has 0 spiro atoms. The van der Waals surface area contributed by atoms with Crippen LogP contribution >= 0.6 is 11.9 Å². The Kier molecular flexibility index (Phi) is 12.0. The van der Waals surface area contributed by atoms with E-state index >= 15 is 0 Å². The van der Waals surface area contributed by atoms with Gasteiger partial charge in [-0.15, -0.1) is 0 Å². The molecule has 1 aromatic rings. The molecule has 168 valence electrons. The minimum atomic E-state index is 0.230. The number of nitrogens with one attached hydrogen (secondary N) is 1. The highest BCUT2D eigenvalue weighted by molar-refractivity contribution is 7.96. The fourth-order valence-corrected chi connectivity index (χ4v) is 3.83. The lowest BCUT2D eigenvalue weighted by atomic mass is 9.82. The summed E-state index contributed by atoms with van der Waals surface area (Å²) in [6.45, 7) is 7.28. The van der Waals surface area contributed by atoms with Gasteiger partial charge < -0.3 is 13.9 Å². The Balaban J connectivity index is 0.000000735. The van der Waals surface area contributed by atoms with Gasteiger partial charge in [0.25, 0.3) is 0 Å². The van der Waals surface area contributed by atoms with Crippen LogP contribution in [0.1, 0.15) is 69.4 Å². The first-order valence-electron chi connectivity index (χ1n) is 11.1. The highest BCUT2D eigenvalue weighted by atomic mass is 32.2. The summed E-state index contributed by atoms with van der Waals surface area (Å²) in [6.07, 6.45) is 19.8. The molecule has 0 amide bonds. The minimum Gasteiger partial charge on any atom is -0.493 e. The van der Waals surface area contributed by atoms with Crippen molar-refractivity contribution in [3.8, 4) is 0 Å². The third kappa shape index (κ3) is 8.32. The molecule has 1 aromatic heterocycles. The van der Waals surface area contributed by atoms with Crippen LogP contribution in [-0.4, -0.2) is 31.0 Å². The van der Waals surface area contributed by atoms with Gasteiger partial charge in [0, 0.05) is 0 Å². The third-order valence-corrected chi connectivity index (χ3v) is 6.04. The predicted molar refractivity (Wildman–Crippen MR) is 125 cm³/mol. The number of hydrogen-bond donors (Lipinski definition) is 1. The van der Waals surface area contributed by atoms with E-state index in [0.717, 1.165) is 50.2 Å². The smallest absolute Gasteiger partial charge is 0.199 e. The van der Waals surface area contributed by atoms with Gasteiger partial charge in [0.1, 0.15) is 6.61 Å². The van der Waals surface area contributed by atoms with E-state index in [-0.39, 0.29) is 5.92 Å². The van der Waals surface area contributed by atoms with Gasteiger partial charge in [0.2, 0.25) is 0 Å². The van der Waals surface area contributed by atoms with Gasteiger partial charge in [0.05, 0.1) is 31.1 Å². The fraction of sp³-hybridized carbons (Fsp3) is 0.625. The summed E-state index contributed by atoms with van der Waals surface area (Å²) < 4.78 is 20.7. The zero-order valence-electron chi connectivity index (χ0n) is 18.8. The number of unbranched alkanes of at least 4 members (excludes halogenated alkanes) is 1. The SMILES string of the molecule is C=C/C1=C\C=C/OCc2cnc(o2)[C@H](CCCC)COC2CCC1CC2.CNSC. The van der Waals surface area contributed by atoms with Gasteiger partial charge >= 0.3 is 0 Å². The number of aromatic nitrogens is 1. The molecule has 1 N–H and O–H groups in total. The number of allylic oxidation sites excluding steroid dienone is 4. The van der Waals surface area contributed by atoms with Crippen LogP contribution in [0.5, 0.6) is 0 Å². The molecule has 0 aromatic carbocycles. The molecular formula is C24H38N2O3S. The van der Waals surface area contributed by atoms with Crippen LogP contribution in [0.15, 0.2) is 47.3 Å². The number of oxazole rings is 1. The Morgan fingerprint density at radius 2 is 2.07 bits per heavy atom. The molecule has 2 aliphatic heterocycles. The fourth-order valence-electron chi connectivity index (χ4n) is 3.83. The van der Waals surface area contributed by atoms with E-state index < -0.39 is 0 Å². The topological polar surface area (TPSA) is 56.5 Å². The molecule has 6 heteroatoms. The molecule has 4 rings (SSSR count). The maximum Gasteiger partial charge on any atom is 0.199 e. The van der Waals surface area contributed by atoms with E-state index in [9.17, 15) is 0 Å². The Bertz CT molecular complexity index is 661. The van der Waals surface area contributed by atoms with Crippen LogP contribution in [0.3, 0.4) is 0 Å². The third-order valence-electron chi connectivity index (χ3n) is 5.63. The summed E-state index contributed by atoms with van der Waals surface area (Å²) in [6, 6.07) is 0. The van der Waals surface area contributed by atoms with Crippen LogP contribution in [0.2, 0.25) is 0 Å². The van der Waals surface area contributed by atoms with Gasteiger partial charge in [-0.25, -0.2) is 4.98 Å². The van der Waals surface area contributed by atoms with Gasteiger partial charge in [-0.05, 0) is 63.0 Å². The number of ether oxygens (including phenoxy) is 2. The lowest BCUT2D eigenvalue weighted by Gasteiger charge is -2.30. The van der Waals surface area contributed by atoms with Gasteiger partial charge in [-0.3, -0.25) is 4.72 Å². The van der Waals surface area contributed by atoms with Crippen LogP contribution in [-0.2, 0) is 16.1 Å². The monoisotopic (exact) mass is 434 g/mol. The normalized spacial score (nSPS) is 27.2. The van der Waals surface area contributed by atoms with Crippen LogP contribution in [0.25, 0.3) is 0 Å². The van der Waals surface area contributed by atoms with E-state index in [2.05, 4.69) is 29.3 Å². The van der Waals surface area contributed by atoms with Crippen molar-refractivity contribution >= 4 is 11.9 Å². The maximum atomic E-state index is 6.28. The minimum absolute atomic E-state index is 0.230. The zero-order valence-corrected chi connectivity index (χ0v) is 19.6. The standard InChI is InChI=1S/C22H31NO3.C2H7NS/c1-3-5-7-19-15-25-20-11-9-18(10-12-20)17(4-2)8-6-13-24-16-21-14-23-22(19)26-21;1-3-4-2/h4,6,8,13-14,18-20H,2-3,5,7,9-12,15-16H2,1H3;3H,1-2H3/b13-6-,17-8+;/t18?,19-,20?;/m1./s1. The van der Waals surface area contributed by atoms with Crippen molar-refractivity contribution in [2.45, 2.75) is 70.5 Å². The molecule has 0 unspecified atom stereocenters. The summed E-state index contributed by atoms with van der Waals surface area (Å²) >= 11 is 1.61. The first kappa shape index (κ1) is 24.8. The first-order chi connectivity index (χ1) is 14.7. The Hall–Kier alpha value is -1.50. The average Bonchev–Trinajstić information content (AvgIpc) is 3.25. The molecule has 4 bridgehead atoms. The van der Waals surface area contributed by atoms with E-state index in [1.165, 1.54) is 12.0 Å². The Morgan fingerprint density at radius 3 is 2.73 bits per heavy atom. The van der Waals surface area contributed by atoms with Crippen molar-refractivity contribution in [1.29, 1.82) is 0 Å². The van der Waals surface area contributed by atoms with Crippen molar-refractivity contribution in [3.05, 3.63) is 54.5 Å². The van der Waals surface area contributed by atoms with Crippen molar-refractivity contribution in [1.82, 2.24) is 9.71 Å². The lowest BCUT2D eigenvalue weighted by Crippen LogP contribution is -2.24. The highest BCUT2D eigenvalue weighted by Gasteiger charge is 2.25. The van der Waals surface area contributed by atoms with Crippen molar-refractivity contribution < 1.29 is 13.9 Å². The molecule has 30 heavy (non-hydrogen) atoms. The van der Waals surface area contributed by atoms with Gasteiger partial charge in [0.15, 0.2) is 11.7 Å². The van der Waals surface area contributed by atoms with Crippen molar-refractivity contribution in [2.75, 3.05) is 19.9 Å². The molecule has 3 heterocycles. The lowest BCUT2D eigenvalue weighted by molar-refractivity contribution is 0.00897. The zero-order chi connectivity index (χ0) is 21.6. The molecule has 0 radical (unpaired) electrons.